The SMILES string of the molecule is CNC(=O)C(C)Oc1c(Br)cc(CNC(C)C)cc1OC. The molecule has 0 radical (unpaired) electrons. The van der Waals surface area contributed by atoms with Crippen LogP contribution in [0.2, 0.25) is 0 Å². The summed E-state index contributed by atoms with van der Waals surface area (Å²) >= 11 is 3.48. The highest BCUT2D eigenvalue weighted by atomic mass is 79.9. The number of ether oxygens (including phenoxy) is 2. The Hall–Kier alpha value is -1.27. The van der Waals surface area contributed by atoms with Gasteiger partial charge in [0.25, 0.3) is 5.91 Å². The van der Waals surface area contributed by atoms with Gasteiger partial charge in [0.2, 0.25) is 0 Å². The van der Waals surface area contributed by atoms with E-state index in [1.807, 2.05) is 12.1 Å². The summed E-state index contributed by atoms with van der Waals surface area (Å²) in [6.07, 6.45) is -0.597. The molecule has 21 heavy (non-hydrogen) atoms. The normalized spacial score (nSPS) is 12.1. The van der Waals surface area contributed by atoms with Gasteiger partial charge in [0, 0.05) is 19.6 Å². The smallest absolute Gasteiger partial charge is 0.260 e. The second-order valence-electron chi connectivity index (χ2n) is 5.02. The number of carbonyl (C=O) groups excluding carboxylic acids is 1. The molecule has 6 heteroatoms. The molecular formula is C15H23BrN2O3. The molecule has 0 fully saturated rings. The number of methoxy groups -OCH3 is 1. The van der Waals surface area contributed by atoms with Crippen LogP contribution in [0, 0.1) is 0 Å². The Kier molecular flexibility index (Phi) is 6.98. The number of carbonyl (C=O) groups is 1. The van der Waals surface area contributed by atoms with Crippen molar-refractivity contribution in [3.05, 3.63) is 22.2 Å². The Morgan fingerprint density at radius 1 is 1.33 bits per heavy atom. The zero-order valence-electron chi connectivity index (χ0n) is 13.1. The van der Waals surface area contributed by atoms with E-state index < -0.39 is 6.10 Å². The lowest BCUT2D eigenvalue weighted by Crippen LogP contribution is -2.33. The van der Waals surface area contributed by atoms with Crippen LogP contribution in [0.15, 0.2) is 16.6 Å². The minimum atomic E-state index is -0.597. The molecule has 1 amide bonds. The Labute approximate surface area is 134 Å². The number of hydrogen-bond donors (Lipinski definition) is 2. The molecule has 5 nitrogen and oxygen atoms in total. The maximum atomic E-state index is 11.6. The second kappa shape index (κ2) is 8.24. The lowest BCUT2D eigenvalue weighted by molar-refractivity contribution is -0.126. The molecule has 0 bridgehead atoms. The van der Waals surface area contributed by atoms with Crippen LogP contribution in [-0.2, 0) is 11.3 Å². The van der Waals surface area contributed by atoms with Crippen LogP contribution in [0.3, 0.4) is 0 Å². The maximum absolute atomic E-state index is 11.6. The van der Waals surface area contributed by atoms with Crippen molar-refractivity contribution < 1.29 is 14.3 Å². The third-order valence-corrected chi connectivity index (χ3v) is 3.50. The zero-order valence-corrected chi connectivity index (χ0v) is 14.7. The summed E-state index contributed by atoms with van der Waals surface area (Å²) in [7, 11) is 3.16. The van der Waals surface area contributed by atoms with Gasteiger partial charge in [-0.3, -0.25) is 4.79 Å². The molecule has 0 aliphatic heterocycles. The molecule has 0 saturated carbocycles. The Balaban J connectivity index is 2.96. The summed E-state index contributed by atoms with van der Waals surface area (Å²) in [5, 5.41) is 5.90. The highest BCUT2D eigenvalue weighted by molar-refractivity contribution is 9.10. The van der Waals surface area contributed by atoms with Gasteiger partial charge in [0.1, 0.15) is 0 Å². The van der Waals surface area contributed by atoms with Crippen molar-refractivity contribution in [2.45, 2.75) is 39.5 Å². The van der Waals surface area contributed by atoms with Crippen LogP contribution >= 0.6 is 15.9 Å². The quantitative estimate of drug-likeness (QED) is 0.785. The van der Waals surface area contributed by atoms with Gasteiger partial charge in [-0.05, 0) is 40.5 Å². The maximum Gasteiger partial charge on any atom is 0.260 e. The van der Waals surface area contributed by atoms with Crippen molar-refractivity contribution in [2.24, 2.45) is 0 Å². The third kappa shape index (κ3) is 5.21. The first kappa shape index (κ1) is 17.8. The van der Waals surface area contributed by atoms with E-state index in [1.165, 1.54) is 0 Å². The predicted molar refractivity (Wildman–Crippen MR) is 86.8 cm³/mol. The number of rotatable bonds is 7. The second-order valence-corrected chi connectivity index (χ2v) is 5.87. The molecule has 0 aromatic heterocycles. The molecule has 1 aromatic rings. The number of halogens is 1. The summed E-state index contributed by atoms with van der Waals surface area (Å²) in [6, 6.07) is 4.27. The largest absolute Gasteiger partial charge is 0.493 e. The topological polar surface area (TPSA) is 59.6 Å². The van der Waals surface area contributed by atoms with E-state index in [-0.39, 0.29) is 5.91 Å². The standard InChI is InChI=1S/C15H23BrN2O3/c1-9(2)18-8-11-6-12(16)14(13(7-11)20-5)21-10(3)15(19)17-4/h6-7,9-10,18H,8H2,1-5H3,(H,17,19). The van der Waals surface area contributed by atoms with E-state index >= 15 is 0 Å². The van der Waals surface area contributed by atoms with Gasteiger partial charge >= 0.3 is 0 Å². The van der Waals surface area contributed by atoms with Crippen LogP contribution < -0.4 is 20.1 Å². The summed E-state index contributed by atoms with van der Waals surface area (Å²) in [6.45, 7) is 6.61. The van der Waals surface area contributed by atoms with E-state index in [0.29, 0.717) is 17.5 Å². The van der Waals surface area contributed by atoms with Gasteiger partial charge in [0.15, 0.2) is 17.6 Å². The Morgan fingerprint density at radius 2 is 2.00 bits per heavy atom. The van der Waals surface area contributed by atoms with Crippen molar-refractivity contribution in [2.75, 3.05) is 14.2 Å². The first-order valence-corrected chi connectivity index (χ1v) is 7.66. The van der Waals surface area contributed by atoms with Crippen molar-refractivity contribution in [3.8, 4) is 11.5 Å². The van der Waals surface area contributed by atoms with Crippen molar-refractivity contribution in [1.29, 1.82) is 0 Å². The van der Waals surface area contributed by atoms with Gasteiger partial charge < -0.3 is 20.1 Å². The molecular weight excluding hydrogens is 336 g/mol. The molecule has 0 heterocycles. The van der Waals surface area contributed by atoms with Gasteiger partial charge in [-0.2, -0.15) is 0 Å². The van der Waals surface area contributed by atoms with E-state index in [4.69, 9.17) is 9.47 Å². The minimum absolute atomic E-state index is 0.186. The van der Waals surface area contributed by atoms with Crippen LogP contribution in [0.4, 0.5) is 0 Å². The fraction of sp³-hybridized carbons (Fsp3) is 0.533. The van der Waals surface area contributed by atoms with E-state index in [0.717, 1.165) is 16.6 Å². The molecule has 0 saturated heterocycles. The molecule has 1 rings (SSSR count). The van der Waals surface area contributed by atoms with Crippen molar-refractivity contribution >= 4 is 21.8 Å². The van der Waals surface area contributed by atoms with E-state index in [2.05, 4.69) is 40.4 Å². The zero-order chi connectivity index (χ0) is 16.0. The molecule has 1 unspecified atom stereocenters. The molecule has 2 N–H and O–H groups in total. The summed E-state index contributed by atoms with van der Waals surface area (Å²) in [5.74, 6) is 0.942. The summed E-state index contributed by atoms with van der Waals surface area (Å²) in [5.41, 5.74) is 1.08. The lowest BCUT2D eigenvalue weighted by Gasteiger charge is -2.18. The number of likely N-dealkylation sites (N-methyl/N-ethyl adjacent to an activating group) is 1. The minimum Gasteiger partial charge on any atom is -0.493 e. The van der Waals surface area contributed by atoms with Gasteiger partial charge in [0.05, 0.1) is 11.6 Å². The number of hydrogen-bond acceptors (Lipinski definition) is 4. The number of benzene rings is 1. The van der Waals surface area contributed by atoms with Gasteiger partial charge in [-0.15, -0.1) is 0 Å². The molecule has 0 spiro atoms. The monoisotopic (exact) mass is 358 g/mol. The molecule has 118 valence electrons. The van der Waals surface area contributed by atoms with Crippen molar-refractivity contribution in [3.63, 3.8) is 0 Å². The predicted octanol–water partition coefficient (Wildman–Crippen LogP) is 2.47. The first-order chi connectivity index (χ1) is 9.88. The van der Waals surface area contributed by atoms with Gasteiger partial charge in [-0.1, -0.05) is 13.8 Å². The fourth-order valence-electron chi connectivity index (χ4n) is 1.75. The summed E-state index contributed by atoms with van der Waals surface area (Å²) < 4.78 is 11.8. The average Bonchev–Trinajstić information content (AvgIpc) is 2.46. The van der Waals surface area contributed by atoms with Crippen molar-refractivity contribution in [1.82, 2.24) is 10.6 Å². The Bertz CT molecular complexity index is 492. The van der Waals surface area contributed by atoms with E-state index in [1.54, 1.807) is 21.1 Å². The molecule has 1 atom stereocenters. The number of nitrogens with one attached hydrogen (secondary N) is 2. The first-order valence-electron chi connectivity index (χ1n) is 6.87. The van der Waals surface area contributed by atoms with Crippen LogP contribution in [0.25, 0.3) is 0 Å². The van der Waals surface area contributed by atoms with Crippen LogP contribution in [0.5, 0.6) is 11.5 Å². The van der Waals surface area contributed by atoms with Gasteiger partial charge in [-0.25, -0.2) is 0 Å². The fourth-order valence-corrected chi connectivity index (χ4v) is 2.33. The molecule has 1 aromatic carbocycles. The van der Waals surface area contributed by atoms with E-state index in [9.17, 15) is 4.79 Å². The van der Waals surface area contributed by atoms with Crippen LogP contribution in [-0.4, -0.2) is 32.2 Å². The molecule has 0 aliphatic carbocycles. The Morgan fingerprint density at radius 3 is 2.52 bits per heavy atom. The molecule has 0 aliphatic rings. The highest BCUT2D eigenvalue weighted by Gasteiger charge is 2.18. The lowest BCUT2D eigenvalue weighted by atomic mass is 10.2. The number of amides is 1. The third-order valence-electron chi connectivity index (χ3n) is 2.91. The average molecular weight is 359 g/mol. The van der Waals surface area contributed by atoms with Crippen LogP contribution in [0.1, 0.15) is 26.3 Å². The summed E-state index contributed by atoms with van der Waals surface area (Å²) in [4.78, 5) is 11.6. The highest BCUT2D eigenvalue weighted by Crippen LogP contribution is 2.37.